The summed E-state index contributed by atoms with van der Waals surface area (Å²) in [6, 6.07) is 9.68. The quantitative estimate of drug-likeness (QED) is 0.820. The van der Waals surface area contributed by atoms with E-state index in [1.807, 2.05) is 0 Å². The van der Waals surface area contributed by atoms with Gasteiger partial charge < -0.3 is 5.73 Å². The van der Waals surface area contributed by atoms with Crippen molar-refractivity contribution in [1.82, 2.24) is 0 Å². The summed E-state index contributed by atoms with van der Waals surface area (Å²) in [5.41, 5.74) is 5.32. The van der Waals surface area contributed by atoms with Gasteiger partial charge in [0.2, 0.25) is 0 Å². The maximum absolute atomic E-state index is 13.9. The van der Waals surface area contributed by atoms with Gasteiger partial charge in [-0.3, -0.25) is 0 Å². The van der Waals surface area contributed by atoms with Crippen LogP contribution in [0.4, 0.5) is 17.6 Å². The smallest absolute Gasteiger partial charge is 0.326 e. The first-order valence-electron chi connectivity index (χ1n) is 5.58. The van der Waals surface area contributed by atoms with Gasteiger partial charge in [0, 0.05) is 12.1 Å². The molecule has 2 rings (SSSR count). The fourth-order valence-corrected chi connectivity index (χ4v) is 1.79. The maximum atomic E-state index is 13.9. The van der Waals surface area contributed by atoms with Gasteiger partial charge in [0.1, 0.15) is 5.82 Å². The van der Waals surface area contributed by atoms with Crippen LogP contribution >= 0.6 is 0 Å². The first kappa shape index (κ1) is 13.5. The van der Waals surface area contributed by atoms with Crippen LogP contribution in [-0.4, -0.2) is 0 Å². The molecule has 2 aromatic carbocycles. The van der Waals surface area contributed by atoms with Gasteiger partial charge >= 0.3 is 6.18 Å². The van der Waals surface area contributed by atoms with Crippen molar-refractivity contribution in [3.8, 4) is 11.1 Å². The zero-order valence-corrected chi connectivity index (χ0v) is 9.84. The Morgan fingerprint density at radius 3 is 2.11 bits per heavy atom. The van der Waals surface area contributed by atoms with Crippen molar-refractivity contribution in [3.63, 3.8) is 0 Å². The maximum Gasteiger partial charge on any atom is 0.419 e. The van der Waals surface area contributed by atoms with E-state index in [4.69, 9.17) is 5.73 Å². The van der Waals surface area contributed by atoms with Gasteiger partial charge in [-0.2, -0.15) is 13.2 Å². The predicted molar refractivity (Wildman–Crippen MR) is 64.7 cm³/mol. The first-order chi connectivity index (χ1) is 8.93. The van der Waals surface area contributed by atoms with Crippen LogP contribution in [0.1, 0.15) is 11.1 Å². The second kappa shape index (κ2) is 5.01. The number of halogens is 4. The highest BCUT2D eigenvalue weighted by atomic mass is 19.4. The lowest BCUT2D eigenvalue weighted by atomic mass is 10.0. The van der Waals surface area contributed by atoms with E-state index in [-0.39, 0.29) is 5.56 Å². The topological polar surface area (TPSA) is 26.0 Å². The summed E-state index contributed by atoms with van der Waals surface area (Å²) >= 11 is 0. The molecule has 0 heterocycles. The summed E-state index contributed by atoms with van der Waals surface area (Å²) in [6.45, 7) is 0.325. The Balaban J connectivity index is 2.50. The Kier molecular flexibility index (Phi) is 3.57. The molecule has 0 aliphatic carbocycles. The van der Waals surface area contributed by atoms with Crippen LogP contribution in [0.25, 0.3) is 11.1 Å². The molecule has 0 saturated heterocycles. The molecule has 0 aliphatic heterocycles. The van der Waals surface area contributed by atoms with Crippen molar-refractivity contribution in [2.75, 3.05) is 0 Å². The van der Waals surface area contributed by atoms with Crippen LogP contribution in [0.5, 0.6) is 0 Å². The number of nitrogens with two attached hydrogens (primary N) is 1. The summed E-state index contributed by atoms with van der Waals surface area (Å²) < 4.78 is 51.7. The van der Waals surface area contributed by atoms with Crippen molar-refractivity contribution in [1.29, 1.82) is 0 Å². The highest BCUT2D eigenvalue weighted by Gasteiger charge is 2.34. The Morgan fingerprint density at radius 2 is 1.58 bits per heavy atom. The number of benzene rings is 2. The molecule has 19 heavy (non-hydrogen) atoms. The highest BCUT2D eigenvalue weighted by Crippen LogP contribution is 2.35. The number of hydrogen-bond donors (Lipinski definition) is 1. The molecule has 0 radical (unpaired) electrons. The lowest BCUT2D eigenvalue weighted by Gasteiger charge is -2.11. The predicted octanol–water partition coefficient (Wildman–Crippen LogP) is 3.97. The van der Waals surface area contributed by atoms with E-state index < -0.39 is 17.6 Å². The van der Waals surface area contributed by atoms with Crippen molar-refractivity contribution in [2.45, 2.75) is 12.7 Å². The Morgan fingerprint density at radius 1 is 0.947 bits per heavy atom. The molecule has 0 amide bonds. The summed E-state index contributed by atoms with van der Waals surface area (Å²) in [6.07, 6.45) is -4.70. The molecule has 0 bridgehead atoms. The Bertz CT molecular complexity index is 573. The fraction of sp³-hybridized carbons (Fsp3) is 0.143. The van der Waals surface area contributed by atoms with Gasteiger partial charge in [-0.25, -0.2) is 4.39 Å². The van der Waals surface area contributed by atoms with Crippen LogP contribution in [0, 0.1) is 5.82 Å². The van der Waals surface area contributed by atoms with Crippen LogP contribution in [0.15, 0.2) is 42.5 Å². The zero-order valence-electron chi connectivity index (χ0n) is 9.84. The summed E-state index contributed by atoms with van der Waals surface area (Å²) in [5.74, 6) is -1.25. The van der Waals surface area contributed by atoms with E-state index in [0.29, 0.717) is 12.1 Å². The van der Waals surface area contributed by atoms with Crippen molar-refractivity contribution >= 4 is 0 Å². The number of alkyl halides is 3. The average Bonchev–Trinajstić information content (AvgIpc) is 2.38. The van der Waals surface area contributed by atoms with Crippen molar-refractivity contribution in [3.05, 3.63) is 59.4 Å². The third-order valence-corrected chi connectivity index (χ3v) is 2.80. The third kappa shape index (κ3) is 2.76. The van der Waals surface area contributed by atoms with Gasteiger partial charge in [0.25, 0.3) is 0 Å². The minimum Gasteiger partial charge on any atom is -0.326 e. The van der Waals surface area contributed by atoms with E-state index >= 15 is 0 Å². The average molecular weight is 269 g/mol. The SMILES string of the molecule is NCc1ccc(-c2cccc(C(F)(F)F)c2F)cc1. The second-order valence-electron chi connectivity index (χ2n) is 4.07. The molecule has 5 heteroatoms. The van der Waals surface area contributed by atoms with Gasteiger partial charge in [-0.1, -0.05) is 36.4 Å². The van der Waals surface area contributed by atoms with Crippen molar-refractivity contribution in [2.24, 2.45) is 5.73 Å². The first-order valence-corrected chi connectivity index (χ1v) is 5.58. The second-order valence-corrected chi connectivity index (χ2v) is 4.07. The molecular formula is C14H11F4N. The van der Waals surface area contributed by atoms with E-state index in [1.54, 1.807) is 24.3 Å². The molecule has 100 valence electrons. The van der Waals surface area contributed by atoms with Gasteiger partial charge in [-0.05, 0) is 17.2 Å². The Labute approximate surface area is 107 Å². The molecule has 1 nitrogen and oxygen atoms in total. The van der Waals surface area contributed by atoms with Gasteiger partial charge in [-0.15, -0.1) is 0 Å². The highest BCUT2D eigenvalue weighted by molar-refractivity contribution is 5.65. The van der Waals surface area contributed by atoms with Gasteiger partial charge in [0.05, 0.1) is 5.56 Å². The minimum atomic E-state index is -4.70. The van der Waals surface area contributed by atoms with E-state index in [9.17, 15) is 17.6 Å². The largest absolute Gasteiger partial charge is 0.419 e. The number of rotatable bonds is 2. The third-order valence-electron chi connectivity index (χ3n) is 2.80. The molecule has 0 fully saturated rings. The standard InChI is InChI=1S/C14H11F4N/c15-13-11(2-1-3-12(13)14(16,17)18)10-6-4-9(8-19)5-7-10/h1-7H,8,19H2. The van der Waals surface area contributed by atoms with Crippen LogP contribution in [-0.2, 0) is 12.7 Å². The lowest BCUT2D eigenvalue weighted by Crippen LogP contribution is -2.08. The van der Waals surface area contributed by atoms with E-state index in [0.717, 1.165) is 11.6 Å². The molecule has 0 aromatic heterocycles. The minimum absolute atomic E-state index is 0.0709. The van der Waals surface area contributed by atoms with Crippen LogP contribution < -0.4 is 5.73 Å². The lowest BCUT2D eigenvalue weighted by molar-refractivity contribution is -0.139. The molecule has 2 aromatic rings. The van der Waals surface area contributed by atoms with E-state index in [2.05, 4.69) is 0 Å². The molecule has 0 spiro atoms. The molecule has 0 atom stereocenters. The summed E-state index contributed by atoms with van der Waals surface area (Å²) in [7, 11) is 0. The van der Waals surface area contributed by atoms with Crippen molar-refractivity contribution < 1.29 is 17.6 Å². The van der Waals surface area contributed by atoms with E-state index in [1.165, 1.54) is 12.1 Å². The fourth-order valence-electron chi connectivity index (χ4n) is 1.79. The molecular weight excluding hydrogens is 258 g/mol. The Hall–Kier alpha value is -1.88. The molecule has 0 saturated carbocycles. The molecule has 0 unspecified atom stereocenters. The van der Waals surface area contributed by atoms with Gasteiger partial charge in [0.15, 0.2) is 0 Å². The number of hydrogen-bond acceptors (Lipinski definition) is 1. The van der Waals surface area contributed by atoms with Crippen LogP contribution in [0.2, 0.25) is 0 Å². The monoisotopic (exact) mass is 269 g/mol. The summed E-state index contributed by atoms with van der Waals surface area (Å²) in [5, 5.41) is 0. The summed E-state index contributed by atoms with van der Waals surface area (Å²) in [4.78, 5) is 0. The zero-order chi connectivity index (χ0) is 14.0. The normalized spacial score (nSPS) is 11.6. The molecule has 0 aliphatic rings. The van der Waals surface area contributed by atoms with Crippen LogP contribution in [0.3, 0.4) is 0 Å². The molecule has 2 N–H and O–H groups in total.